The number of rotatable bonds is 8. The molecule has 0 saturated heterocycles. The van der Waals surface area contributed by atoms with Gasteiger partial charge in [0.1, 0.15) is 0 Å². The summed E-state index contributed by atoms with van der Waals surface area (Å²) >= 11 is 22.4. The SMILES string of the molecule is Clc1nc(-c2cccc3c2-c2ccccc2C3(c2ccccc2)c2ccccc2)nc(-c2cccc3c2sc2ccccc23)n1.Clc1nc(Cl)nc(-c2cccc3c2-c2ccccc2C3(c2ccccc2)c2ccccc2)n1.OB(O)c1cccc2c1sc1ccccc12. The van der Waals surface area contributed by atoms with E-state index in [1.54, 1.807) is 28.7 Å². The van der Waals surface area contributed by atoms with Gasteiger partial charge in [0, 0.05) is 51.6 Å². The van der Waals surface area contributed by atoms with Gasteiger partial charge in [-0.05, 0) is 131 Å². The Kier molecular flexibility index (Phi) is 15.3. The van der Waals surface area contributed by atoms with Gasteiger partial charge in [0.05, 0.1) is 10.8 Å². The highest BCUT2D eigenvalue weighted by Gasteiger charge is 2.48. The molecule has 0 saturated carbocycles. The summed E-state index contributed by atoms with van der Waals surface area (Å²) in [5.41, 5.74) is 16.5. The van der Waals surface area contributed by atoms with Gasteiger partial charge in [-0.2, -0.15) is 24.9 Å². The van der Waals surface area contributed by atoms with Crippen molar-refractivity contribution < 1.29 is 10.0 Å². The summed E-state index contributed by atoms with van der Waals surface area (Å²) < 4.78 is 4.50. The van der Waals surface area contributed by atoms with E-state index in [1.807, 2.05) is 42.5 Å². The van der Waals surface area contributed by atoms with Gasteiger partial charge in [0.2, 0.25) is 15.9 Å². The van der Waals surface area contributed by atoms with E-state index in [-0.39, 0.29) is 15.9 Å². The first-order valence-electron chi connectivity index (χ1n) is 30.6. The zero-order chi connectivity index (χ0) is 63.5. The number of thiophene rings is 2. The van der Waals surface area contributed by atoms with E-state index in [1.165, 1.54) is 75.6 Å². The molecule has 94 heavy (non-hydrogen) atoms. The molecule has 0 unspecified atom stereocenters. The first-order chi connectivity index (χ1) is 46.2. The van der Waals surface area contributed by atoms with E-state index in [0.717, 1.165) is 48.2 Å². The fourth-order valence-corrected chi connectivity index (χ4v) is 17.3. The topological polar surface area (TPSA) is 118 Å². The zero-order valence-electron chi connectivity index (χ0n) is 49.8. The number of halogens is 3. The largest absolute Gasteiger partial charge is 0.489 e. The first kappa shape index (κ1) is 59.0. The Morgan fingerprint density at radius 1 is 0.277 bits per heavy atom. The molecule has 14 heteroatoms. The van der Waals surface area contributed by atoms with Crippen LogP contribution in [0.25, 0.3) is 96.8 Å². The van der Waals surface area contributed by atoms with E-state index in [9.17, 15) is 10.0 Å². The molecule has 8 nitrogen and oxygen atoms in total. The van der Waals surface area contributed by atoms with Gasteiger partial charge >= 0.3 is 7.12 Å². The van der Waals surface area contributed by atoms with Crippen molar-refractivity contribution >= 4 is 110 Å². The highest BCUT2D eigenvalue weighted by molar-refractivity contribution is 7.27. The van der Waals surface area contributed by atoms with Crippen molar-refractivity contribution in [3.05, 3.63) is 352 Å². The molecule has 2 N–H and O–H groups in total. The summed E-state index contributed by atoms with van der Waals surface area (Å²) in [5, 5.41) is 23.6. The predicted octanol–water partition coefficient (Wildman–Crippen LogP) is 19.5. The molecule has 0 fully saturated rings. The molecule has 0 bridgehead atoms. The second kappa shape index (κ2) is 24.5. The molecule has 2 aliphatic rings. The van der Waals surface area contributed by atoms with Crippen molar-refractivity contribution in [3.63, 3.8) is 0 Å². The molecule has 448 valence electrons. The highest BCUT2D eigenvalue weighted by Crippen LogP contribution is 2.60. The van der Waals surface area contributed by atoms with E-state index >= 15 is 0 Å². The standard InChI is InChI=1S/C40H24ClN3S.C28H17Cl2N3.C12H9BO2S/c41-39-43-37(42-38(44-39)31-21-11-19-28-27-17-8-10-24-34(27)45-36(28)31)30-20-12-23-33-35(30)29-18-7-9-22-32(29)40(33,25-13-3-1-4-14-25)26-15-5-2-6-16-26;29-26-31-25(32-27(30)33-26)21-15-9-17-23-24(21)20-14-7-8-16-22(20)28(23,18-10-3-1-4-11-18)19-12-5-2-6-13-19;14-13(15)10-6-3-5-9-8-4-1-2-7-11(8)16-12(9)10/h1-24H;1-17H;1-7,14-15H. The summed E-state index contributed by atoms with van der Waals surface area (Å²) in [6, 6.07) is 101. The molecule has 0 amide bonds. The first-order valence-corrected chi connectivity index (χ1v) is 33.3. The minimum atomic E-state index is -1.41. The van der Waals surface area contributed by atoms with Crippen molar-refractivity contribution in [2.24, 2.45) is 0 Å². The number of hydrogen-bond donors (Lipinski definition) is 2. The van der Waals surface area contributed by atoms with Gasteiger partial charge in [-0.1, -0.05) is 273 Å². The van der Waals surface area contributed by atoms with Crippen LogP contribution in [0.15, 0.2) is 291 Å². The van der Waals surface area contributed by atoms with Crippen LogP contribution >= 0.6 is 57.5 Å². The number of aromatic nitrogens is 6. The van der Waals surface area contributed by atoms with Gasteiger partial charge < -0.3 is 10.0 Å². The third kappa shape index (κ3) is 9.81. The summed E-state index contributed by atoms with van der Waals surface area (Å²) in [6.45, 7) is 0. The van der Waals surface area contributed by atoms with Crippen LogP contribution < -0.4 is 5.46 Å². The molecule has 18 rings (SSSR count). The van der Waals surface area contributed by atoms with Crippen LogP contribution in [0, 0.1) is 0 Å². The monoisotopic (exact) mass is 1310 g/mol. The third-order valence-corrected chi connectivity index (χ3v) is 21.0. The number of benzene rings is 12. The Labute approximate surface area is 565 Å². The van der Waals surface area contributed by atoms with Crippen LogP contribution in [0.3, 0.4) is 0 Å². The minimum absolute atomic E-state index is 0.0752. The van der Waals surface area contributed by atoms with Crippen molar-refractivity contribution in [3.8, 4) is 56.4 Å². The highest BCUT2D eigenvalue weighted by atomic mass is 35.5. The van der Waals surface area contributed by atoms with Gasteiger partial charge in [-0.15, -0.1) is 22.7 Å². The summed E-state index contributed by atoms with van der Waals surface area (Å²) in [7, 11) is -1.41. The fraction of sp³-hybridized carbons (Fsp3) is 0.0250. The normalized spacial score (nSPS) is 12.9. The lowest BCUT2D eigenvalue weighted by Gasteiger charge is -2.33. The maximum Gasteiger partial charge on any atom is 0.489 e. The maximum atomic E-state index is 9.31. The molecule has 2 aliphatic carbocycles. The van der Waals surface area contributed by atoms with Gasteiger partial charge in [-0.25, -0.2) is 4.98 Å². The summed E-state index contributed by atoms with van der Waals surface area (Å²) in [4.78, 5) is 27.3. The number of nitrogens with zero attached hydrogens (tertiary/aromatic N) is 6. The predicted molar refractivity (Wildman–Crippen MR) is 388 cm³/mol. The van der Waals surface area contributed by atoms with Crippen LogP contribution in [0.4, 0.5) is 0 Å². The maximum absolute atomic E-state index is 9.31. The molecule has 0 atom stereocenters. The Morgan fingerprint density at radius 3 is 1.06 bits per heavy atom. The lowest BCUT2D eigenvalue weighted by Crippen LogP contribution is -2.29. The quantitative estimate of drug-likeness (QED) is 0.145. The molecule has 16 aromatic rings. The second-order valence-electron chi connectivity index (χ2n) is 22.9. The third-order valence-electron chi connectivity index (χ3n) is 18.0. The van der Waals surface area contributed by atoms with Gasteiger partial charge in [0.15, 0.2) is 17.5 Å². The van der Waals surface area contributed by atoms with E-state index in [0.29, 0.717) is 22.9 Å². The van der Waals surface area contributed by atoms with Crippen molar-refractivity contribution in [2.75, 3.05) is 0 Å². The minimum Gasteiger partial charge on any atom is -0.423 e. The Hall–Kier alpha value is -10.0. The average molecular weight is 1310 g/mol. The molecule has 4 aromatic heterocycles. The number of fused-ring (bicyclic) bond motifs is 12. The molecule has 4 heterocycles. The van der Waals surface area contributed by atoms with Crippen LogP contribution in [0.1, 0.15) is 44.5 Å². The lowest BCUT2D eigenvalue weighted by atomic mass is 9.67. The molecule has 0 aliphatic heterocycles. The Morgan fingerprint density at radius 2 is 0.596 bits per heavy atom. The Bertz CT molecular complexity index is 5470. The van der Waals surface area contributed by atoms with Crippen LogP contribution in [0.2, 0.25) is 15.9 Å². The molecule has 12 aromatic carbocycles. The van der Waals surface area contributed by atoms with Gasteiger partial charge in [-0.3, -0.25) is 0 Å². The smallest absolute Gasteiger partial charge is 0.423 e. The van der Waals surface area contributed by atoms with Crippen LogP contribution in [-0.4, -0.2) is 47.1 Å². The van der Waals surface area contributed by atoms with Crippen LogP contribution in [0.5, 0.6) is 0 Å². The summed E-state index contributed by atoms with van der Waals surface area (Å²) in [5.74, 6) is 1.60. The number of hydrogen-bond acceptors (Lipinski definition) is 10. The zero-order valence-corrected chi connectivity index (χ0v) is 53.7. The van der Waals surface area contributed by atoms with E-state index in [2.05, 4.69) is 263 Å². The van der Waals surface area contributed by atoms with E-state index < -0.39 is 17.9 Å². The average Bonchev–Trinajstić information content (AvgIpc) is 1.54. The molecule has 0 spiro atoms. The molecule has 0 radical (unpaired) electrons. The summed E-state index contributed by atoms with van der Waals surface area (Å²) in [6.07, 6.45) is 0. The van der Waals surface area contributed by atoms with Crippen molar-refractivity contribution in [1.82, 2.24) is 29.9 Å². The lowest BCUT2D eigenvalue weighted by molar-refractivity contribution is 0.426. The second-order valence-corrected chi connectivity index (χ2v) is 26.1. The van der Waals surface area contributed by atoms with Crippen LogP contribution in [-0.2, 0) is 10.8 Å². The van der Waals surface area contributed by atoms with Crippen molar-refractivity contribution in [2.45, 2.75) is 10.8 Å². The Balaban J connectivity index is 0.000000124. The van der Waals surface area contributed by atoms with Gasteiger partial charge in [0.25, 0.3) is 0 Å². The molecular formula is C80H50BCl3N6O2S2. The van der Waals surface area contributed by atoms with Crippen molar-refractivity contribution in [1.29, 1.82) is 0 Å². The van der Waals surface area contributed by atoms with E-state index in [4.69, 9.17) is 44.8 Å². The molecular weight excluding hydrogens is 1260 g/mol. The fourth-order valence-electron chi connectivity index (χ4n) is 14.3.